The quantitative estimate of drug-likeness (QED) is 0.244. The fourth-order valence-electron chi connectivity index (χ4n) is 6.05. The highest BCUT2D eigenvalue weighted by Crippen LogP contribution is 2.42. The number of nitrogens with zero attached hydrogens (tertiary/aromatic N) is 2. The molecular weight excluding hydrogens is 436 g/mol. The summed E-state index contributed by atoms with van der Waals surface area (Å²) in [6.07, 6.45) is 0. The van der Waals surface area contributed by atoms with E-state index in [9.17, 15) is 0 Å². The number of para-hydroxylation sites is 4. The van der Waals surface area contributed by atoms with Crippen LogP contribution in [-0.4, -0.2) is 9.13 Å². The Morgan fingerprint density at radius 1 is 0.278 bits per heavy atom. The second-order valence-corrected chi connectivity index (χ2v) is 9.39. The third kappa shape index (κ3) is 2.56. The van der Waals surface area contributed by atoms with Gasteiger partial charge in [0.25, 0.3) is 0 Å². The second-order valence-electron chi connectivity index (χ2n) is 9.39. The molecule has 0 fully saturated rings. The predicted molar refractivity (Wildman–Crippen MR) is 153 cm³/mol. The van der Waals surface area contributed by atoms with Crippen molar-refractivity contribution in [1.29, 1.82) is 0 Å². The van der Waals surface area contributed by atoms with Crippen LogP contribution in [0, 0.1) is 0 Å². The van der Waals surface area contributed by atoms with Gasteiger partial charge in [-0.3, -0.25) is 0 Å². The highest BCUT2D eigenvalue weighted by Gasteiger charge is 2.18. The molecule has 168 valence electrons. The first kappa shape index (κ1) is 19.5. The summed E-state index contributed by atoms with van der Waals surface area (Å²) in [5.41, 5.74) is 7.31. The van der Waals surface area contributed by atoms with E-state index in [2.05, 4.69) is 143 Å². The molecule has 0 atom stereocenters. The molecule has 2 heterocycles. The Morgan fingerprint density at radius 3 is 1.11 bits per heavy atom. The minimum atomic E-state index is 1.19. The van der Waals surface area contributed by atoms with Gasteiger partial charge < -0.3 is 9.13 Å². The second kappa shape index (κ2) is 7.34. The van der Waals surface area contributed by atoms with Crippen molar-refractivity contribution in [2.75, 3.05) is 0 Å². The number of fused-ring (bicyclic) bond motifs is 9. The zero-order chi connectivity index (χ0) is 23.6. The molecule has 2 nitrogen and oxygen atoms in total. The molecule has 0 aliphatic rings. The van der Waals surface area contributed by atoms with Crippen molar-refractivity contribution in [3.63, 3.8) is 0 Å². The normalized spacial score (nSPS) is 11.9. The Bertz CT molecular complexity index is 1920. The molecule has 0 bridgehead atoms. The van der Waals surface area contributed by atoms with E-state index in [0.29, 0.717) is 0 Å². The molecule has 0 amide bonds. The molecule has 0 aliphatic carbocycles. The van der Waals surface area contributed by atoms with Gasteiger partial charge in [0.2, 0.25) is 0 Å². The average Bonchev–Trinajstić information content (AvgIpc) is 3.47. The van der Waals surface area contributed by atoms with Gasteiger partial charge in [-0.05, 0) is 59.3 Å². The van der Waals surface area contributed by atoms with Crippen molar-refractivity contribution in [3.05, 3.63) is 133 Å². The molecule has 8 rings (SSSR count). The van der Waals surface area contributed by atoms with Gasteiger partial charge >= 0.3 is 0 Å². The monoisotopic (exact) mass is 458 g/mol. The summed E-state index contributed by atoms with van der Waals surface area (Å²) in [4.78, 5) is 0. The van der Waals surface area contributed by atoms with Crippen molar-refractivity contribution in [2.24, 2.45) is 0 Å². The molecule has 0 saturated carbocycles. The summed E-state index contributed by atoms with van der Waals surface area (Å²) in [5.74, 6) is 0. The third-order valence-electron chi connectivity index (χ3n) is 7.50. The number of benzene rings is 6. The maximum atomic E-state index is 2.39. The van der Waals surface area contributed by atoms with Gasteiger partial charge in [0.1, 0.15) is 0 Å². The van der Waals surface area contributed by atoms with Crippen LogP contribution in [0.1, 0.15) is 0 Å². The lowest BCUT2D eigenvalue weighted by molar-refractivity contribution is 1.18. The van der Waals surface area contributed by atoms with Crippen molar-refractivity contribution in [3.8, 4) is 11.4 Å². The molecule has 8 aromatic rings. The maximum Gasteiger partial charge on any atom is 0.0547 e. The van der Waals surface area contributed by atoms with E-state index in [1.54, 1.807) is 0 Å². The van der Waals surface area contributed by atoms with Crippen LogP contribution in [0.25, 0.3) is 65.8 Å². The molecule has 36 heavy (non-hydrogen) atoms. The molecule has 0 spiro atoms. The van der Waals surface area contributed by atoms with Crippen LogP contribution < -0.4 is 0 Å². The summed E-state index contributed by atoms with van der Waals surface area (Å²) in [5, 5.41) is 7.78. The maximum absolute atomic E-state index is 2.39. The number of hydrogen-bond acceptors (Lipinski definition) is 0. The summed E-state index contributed by atoms with van der Waals surface area (Å²) in [7, 11) is 0. The smallest absolute Gasteiger partial charge is 0.0547 e. The average molecular weight is 459 g/mol. The Labute approximate surface area is 208 Å². The van der Waals surface area contributed by atoms with Crippen LogP contribution in [0.2, 0.25) is 0 Å². The molecule has 2 heteroatoms. The van der Waals surface area contributed by atoms with Gasteiger partial charge in [-0.2, -0.15) is 0 Å². The van der Waals surface area contributed by atoms with Crippen molar-refractivity contribution < 1.29 is 0 Å². The molecule has 0 aliphatic heterocycles. The zero-order valence-corrected chi connectivity index (χ0v) is 19.6. The van der Waals surface area contributed by atoms with Gasteiger partial charge in [0.05, 0.1) is 22.1 Å². The number of rotatable bonds is 2. The highest BCUT2D eigenvalue weighted by molar-refractivity contribution is 6.29. The van der Waals surface area contributed by atoms with E-state index in [4.69, 9.17) is 0 Å². The fraction of sp³-hybridized carbons (Fsp3) is 0. The van der Waals surface area contributed by atoms with Gasteiger partial charge in [0.15, 0.2) is 0 Å². The van der Waals surface area contributed by atoms with Crippen LogP contribution in [0.4, 0.5) is 0 Å². The Morgan fingerprint density at radius 2 is 0.667 bits per heavy atom. The van der Waals surface area contributed by atoms with E-state index in [1.165, 1.54) is 65.8 Å². The van der Waals surface area contributed by atoms with Gasteiger partial charge in [-0.25, -0.2) is 0 Å². The molecular formula is C34H22N2. The van der Waals surface area contributed by atoms with Crippen LogP contribution in [0.15, 0.2) is 133 Å². The number of hydrogen-bond donors (Lipinski definition) is 0. The van der Waals surface area contributed by atoms with E-state index >= 15 is 0 Å². The summed E-state index contributed by atoms with van der Waals surface area (Å²) >= 11 is 0. The van der Waals surface area contributed by atoms with Crippen LogP contribution in [-0.2, 0) is 0 Å². The summed E-state index contributed by atoms with van der Waals surface area (Å²) in [6.45, 7) is 0. The first-order chi connectivity index (χ1) is 17.9. The van der Waals surface area contributed by atoms with Crippen LogP contribution in [0.5, 0.6) is 0 Å². The van der Waals surface area contributed by atoms with Gasteiger partial charge in [0, 0.05) is 32.9 Å². The molecule has 0 N–H and O–H groups in total. The topological polar surface area (TPSA) is 9.86 Å². The predicted octanol–water partition coefficient (Wildman–Crippen LogP) is 9.03. The lowest BCUT2D eigenvalue weighted by atomic mass is 9.99. The first-order valence-corrected chi connectivity index (χ1v) is 12.4. The van der Waals surface area contributed by atoms with E-state index < -0.39 is 0 Å². The minimum Gasteiger partial charge on any atom is -0.309 e. The number of aromatic nitrogens is 2. The lowest BCUT2D eigenvalue weighted by Gasteiger charge is -2.09. The van der Waals surface area contributed by atoms with Crippen LogP contribution >= 0.6 is 0 Å². The van der Waals surface area contributed by atoms with E-state index in [1.807, 2.05) is 0 Å². The van der Waals surface area contributed by atoms with E-state index in [0.717, 1.165) is 0 Å². The molecule has 6 aromatic carbocycles. The van der Waals surface area contributed by atoms with Crippen molar-refractivity contribution >= 4 is 54.4 Å². The minimum absolute atomic E-state index is 1.19. The SMILES string of the molecule is c1ccc(-n2c3ccccc3c3c4ccc5c(c4ccc32)c2ccccc2n5-c2ccccc2)cc1. The first-order valence-electron chi connectivity index (χ1n) is 12.4. The van der Waals surface area contributed by atoms with E-state index in [-0.39, 0.29) is 0 Å². The zero-order valence-electron chi connectivity index (χ0n) is 19.6. The standard InChI is InChI=1S/C34H22N2/c1-3-11-23(12-4-1)35-29-17-9-7-15-27(29)33-25-20-22-32-34(26(25)19-21-31(33)35)28-16-8-10-18-30(28)36(32)24-13-5-2-6-14-24/h1-22H. The lowest BCUT2D eigenvalue weighted by Crippen LogP contribution is -1.93. The Kier molecular flexibility index (Phi) is 3.97. The highest BCUT2D eigenvalue weighted by atomic mass is 15.0. The van der Waals surface area contributed by atoms with Gasteiger partial charge in [-0.1, -0.05) is 84.9 Å². The molecule has 0 saturated heterocycles. The molecule has 2 aromatic heterocycles. The van der Waals surface area contributed by atoms with Crippen molar-refractivity contribution in [2.45, 2.75) is 0 Å². The summed E-state index contributed by atoms with van der Waals surface area (Å²) < 4.78 is 4.78. The molecule has 0 unspecified atom stereocenters. The van der Waals surface area contributed by atoms with Crippen LogP contribution in [0.3, 0.4) is 0 Å². The summed E-state index contributed by atoms with van der Waals surface area (Å²) in [6, 6.07) is 48.1. The van der Waals surface area contributed by atoms with Crippen molar-refractivity contribution in [1.82, 2.24) is 9.13 Å². The van der Waals surface area contributed by atoms with Gasteiger partial charge in [-0.15, -0.1) is 0 Å². The third-order valence-corrected chi connectivity index (χ3v) is 7.50. The Balaban J connectivity index is 1.57. The molecule has 0 radical (unpaired) electrons. The largest absolute Gasteiger partial charge is 0.309 e. The fourth-order valence-corrected chi connectivity index (χ4v) is 6.05. The Hall–Kier alpha value is -4.82.